The molecule has 0 N–H and O–H groups in total. The summed E-state index contributed by atoms with van der Waals surface area (Å²) in [7, 11) is -5.49. The van der Waals surface area contributed by atoms with Gasteiger partial charge in [-0.15, -0.1) is 0 Å². The van der Waals surface area contributed by atoms with Crippen molar-refractivity contribution in [2.45, 2.75) is 36.6 Å². The zero-order valence-corrected chi connectivity index (χ0v) is 14.0. The van der Waals surface area contributed by atoms with Crippen LogP contribution in [-0.4, -0.2) is 25.0 Å². The second-order valence-corrected chi connectivity index (χ2v) is 8.00. The average molecular weight is 387 g/mol. The molecule has 0 bridgehead atoms. The van der Waals surface area contributed by atoms with Gasteiger partial charge in [-0.25, -0.2) is 8.42 Å². The van der Waals surface area contributed by atoms with E-state index in [-0.39, 0.29) is 10.9 Å². The van der Waals surface area contributed by atoms with E-state index in [1.165, 1.54) is 6.07 Å². The molecule has 0 saturated heterocycles. The molecule has 0 spiro atoms. The highest BCUT2D eigenvalue weighted by Gasteiger charge is 2.47. The Kier molecular flexibility index (Phi) is 4.94. The third kappa shape index (κ3) is 3.85. The number of hydrogen-bond donors (Lipinski definition) is 0. The summed E-state index contributed by atoms with van der Waals surface area (Å²) in [4.78, 5) is 10.8. The maximum atomic E-state index is 12.7. The van der Waals surface area contributed by atoms with Crippen LogP contribution in [0.25, 0.3) is 0 Å². The molecule has 1 aromatic carbocycles. The highest BCUT2D eigenvalue weighted by molar-refractivity contribution is 9.09. The van der Waals surface area contributed by atoms with Gasteiger partial charge < -0.3 is 0 Å². The molecule has 0 aliphatic carbocycles. The number of sulfone groups is 1. The van der Waals surface area contributed by atoms with Gasteiger partial charge in [-0.3, -0.25) is 4.79 Å². The first-order valence-electron chi connectivity index (χ1n) is 5.87. The van der Waals surface area contributed by atoms with E-state index in [9.17, 15) is 26.4 Å². The highest BCUT2D eigenvalue weighted by atomic mass is 79.9. The summed E-state index contributed by atoms with van der Waals surface area (Å²) in [6, 6.07) is 3.15. The molecule has 1 aromatic rings. The summed E-state index contributed by atoms with van der Waals surface area (Å²) >= 11 is 2.92. The molecule has 1 rings (SSSR count). The molecular weight excluding hydrogens is 373 g/mol. The minimum Gasteiger partial charge on any atom is -0.293 e. The lowest BCUT2D eigenvalue weighted by Gasteiger charge is -2.21. The predicted molar refractivity (Wildman–Crippen MR) is 76.5 cm³/mol. The van der Waals surface area contributed by atoms with Gasteiger partial charge in [0, 0.05) is 5.56 Å². The maximum absolute atomic E-state index is 12.7. The van der Waals surface area contributed by atoms with E-state index in [1.807, 2.05) is 0 Å². The quantitative estimate of drug-likeness (QED) is 0.585. The lowest BCUT2D eigenvalue weighted by atomic mass is 9.86. The van der Waals surface area contributed by atoms with Crippen molar-refractivity contribution in [1.29, 1.82) is 0 Å². The van der Waals surface area contributed by atoms with Crippen LogP contribution in [0.2, 0.25) is 0 Å². The van der Waals surface area contributed by atoms with E-state index < -0.39 is 31.4 Å². The van der Waals surface area contributed by atoms with Gasteiger partial charge in [-0.2, -0.15) is 13.2 Å². The van der Waals surface area contributed by atoms with Crippen LogP contribution in [0.3, 0.4) is 0 Å². The van der Waals surface area contributed by atoms with E-state index >= 15 is 0 Å². The molecule has 21 heavy (non-hydrogen) atoms. The van der Waals surface area contributed by atoms with Crippen LogP contribution < -0.4 is 0 Å². The van der Waals surface area contributed by atoms with Gasteiger partial charge in [0.15, 0.2) is 5.78 Å². The molecule has 0 aromatic heterocycles. The van der Waals surface area contributed by atoms with E-state index in [4.69, 9.17) is 0 Å². The Bertz CT molecular complexity index is 658. The van der Waals surface area contributed by atoms with Crippen LogP contribution >= 0.6 is 15.9 Å². The van der Waals surface area contributed by atoms with E-state index in [0.29, 0.717) is 5.56 Å². The van der Waals surface area contributed by atoms with E-state index in [0.717, 1.165) is 12.1 Å². The number of carbonyl (C=O) groups excluding carboxylic acids is 1. The molecule has 0 heterocycles. The van der Waals surface area contributed by atoms with Crippen molar-refractivity contribution in [2.75, 3.05) is 5.33 Å². The van der Waals surface area contributed by atoms with Gasteiger partial charge in [0.2, 0.25) is 0 Å². The topological polar surface area (TPSA) is 51.2 Å². The third-order valence-electron chi connectivity index (χ3n) is 2.83. The molecule has 0 aliphatic heterocycles. The summed E-state index contributed by atoms with van der Waals surface area (Å²) in [5.74, 6) is -0.486. The number of rotatable bonds is 3. The first kappa shape index (κ1) is 18.2. The molecule has 0 saturated carbocycles. The van der Waals surface area contributed by atoms with Crippen molar-refractivity contribution >= 4 is 31.6 Å². The molecule has 0 unspecified atom stereocenters. The molecule has 0 atom stereocenters. The second kappa shape index (κ2) is 5.72. The fourth-order valence-electron chi connectivity index (χ4n) is 1.56. The fraction of sp³-hybridized carbons (Fsp3) is 0.462. The molecule has 118 valence electrons. The summed E-state index contributed by atoms with van der Waals surface area (Å²) in [5, 5.41) is -0.105. The molecule has 3 nitrogen and oxygen atoms in total. The molecule has 0 radical (unpaired) electrons. The van der Waals surface area contributed by atoms with Crippen LogP contribution in [0.5, 0.6) is 0 Å². The second-order valence-electron chi connectivity index (χ2n) is 5.50. The van der Waals surface area contributed by atoms with Crippen molar-refractivity contribution in [3.63, 3.8) is 0 Å². The number of carbonyl (C=O) groups is 1. The largest absolute Gasteiger partial charge is 0.501 e. The van der Waals surface area contributed by atoms with Gasteiger partial charge in [0.25, 0.3) is 9.84 Å². The van der Waals surface area contributed by atoms with Crippen LogP contribution in [-0.2, 0) is 15.3 Å². The number of benzene rings is 1. The Balaban J connectivity index is 3.65. The Morgan fingerprint density at radius 2 is 1.67 bits per heavy atom. The van der Waals surface area contributed by atoms with Gasteiger partial charge in [0.05, 0.1) is 10.2 Å². The van der Waals surface area contributed by atoms with Crippen LogP contribution in [0, 0.1) is 0 Å². The first-order valence-corrected chi connectivity index (χ1v) is 8.47. The van der Waals surface area contributed by atoms with Crippen molar-refractivity contribution in [2.24, 2.45) is 0 Å². The molecule has 0 amide bonds. The number of Topliss-reactive ketones (excluding diaryl/α,β-unsaturated/α-hetero) is 1. The van der Waals surface area contributed by atoms with Crippen molar-refractivity contribution in [1.82, 2.24) is 0 Å². The summed E-state index contributed by atoms with van der Waals surface area (Å²) in [6.45, 7) is 5.15. The number of ketones is 1. The Morgan fingerprint density at radius 1 is 1.14 bits per heavy atom. The fourth-order valence-corrected chi connectivity index (χ4v) is 2.71. The van der Waals surface area contributed by atoms with Crippen LogP contribution in [0.1, 0.15) is 36.7 Å². The lowest BCUT2D eigenvalue weighted by Crippen LogP contribution is -2.24. The van der Waals surface area contributed by atoms with Crippen molar-refractivity contribution < 1.29 is 26.4 Å². The van der Waals surface area contributed by atoms with Crippen molar-refractivity contribution in [3.8, 4) is 0 Å². The molecular formula is C13H14BrF3O3S. The zero-order valence-electron chi connectivity index (χ0n) is 11.6. The van der Waals surface area contributed by atoms with Gasteiger partial charge >= 0.3 is 5.51 Å². The number of halogens is 4. The van der Waals surface area contributed by atoms with Crippen LogP contribution in [0.15, 0.2) is 23.1 Å². The minimum absolute atomic E-state index is 0.0675. The van der Waals surface area contributed by atoms with E-state index in [2.05, 4.69) is 15.9 Å². The minimum atomic E-state index is -5.49. The van der Waals surface area contributed by atoms with E-state index in [1.54, 1.807) is 20.8 Å². The van der Waals surface area contributed by atoms with Gasteiger partial charge in [0.1, 0.15) is 0 Å². The number of alkyl halides is 4. The zero-order chi connectivity index (χ0) is 16.6. The predicted octanol–water partition coefficient (Wildman–Crippen LogP) is 3.86. The normalized spacial score (nSPS) is 13.3. The first-order chi connectivity index (χ1) is 9.30. The van der Waals surface area contributed by atoms with Gasteiger partial charge in [-0.1, -0.05) is 36.7 Å². The Morgan fingerprint density at radius 3 is 2.05 bits per heavy atom. The Labute approximate surface area is 129 Å². The summed E-state index contributed by atoms with van der Waals surface area (Å²) < 4.78 is 61.1. The lowest BCUT2D eigenvalue weighted by molar-refractivity contribution is -0.0436. The number of hydrogen-bond acceptors (Lipinski definition) is 3. The molecule has 8 heteroatoms. The Hall–Kier alpha value is -0.890. The molecule has 0 fully saturated rings. The average Bonchev–Trinajstić information content (AvgIpc) is 2.34. The van der Waals surface area contributed by atoms with Crippen LogP contribution in [0.4, 0.5) is 13.2 Å². The van der Waals surface area contributed by atoms with Crippen molar-refractivity contribution in [3.05, 3.63) is 29.3 Å². The summed E-state index contributed by atoms with van der Waals surface area (Å²) in [5.41, 5.74) is -5.73. The SMILES string of the molecule is CC(C)(C)c1cc(C(=O)CBr)cc(S(=O)(=O)C(F)(F)F)c1. The standard InChI is InChI=1S/C13H14BrF3O3S/c1-12(2,3)9-4-8(11(18)7-14)5-10(6-9)21(19,20)13(15,16)17/h4-6H,7H2,1-3H3. The molecule has 0 aliphatic rings. The monoisotopic (exact) mass is 386 g/mol. The smallest absolute Gasteiger partial charge is 0.293 e. The maximum Gasteiger partial charge on any atom is 0.501 e. The summed E-state index contributed by atoms with van der Waals surface area (Å²) in [6.07, 6.45) is 0. The van der Waals surface area contributed by atoms with Gasteiger partial charge in [-0.05, 0) is 29.2 Å². The third-order valence-corrected chi connectivity index (χ3v) is 4.81. The highest BCUT2D eigenvalue weighted by Crippen LogP contribution is 2.34.